The van der Waals surface area contributed by atoms with E-state index >= 15 is 0 Å². The van der Waals surface area contributed by atoms with Gasteiger partial charge in [0.15, 0.2) is 0 Å². The maximum Gasteiger partial charge on any atom is 0.343 e. The SMILES string of the molecule is COc1ccccc1NC(=O)C(=O)N/N=C/c1ccc(OC(=O)c2cccc(Cl)c2)cc1. The van der Waals surface area contributed by atoms with E-state index in [1.54, 1.807) is 66.7 Å². The quantitative estimate of drug-likeness (QED) is 0.195. The van der Waals surface area contributed by atoms with Crippen molar-refractivity contribution in [3.05, 3.63) is 88.9 Å². The lowest BCUT2D eigenvalue weighted by Gasteiger charge is -2.08. The number of benzene rings is 3. The summed E-state index contributed by atoms with van der Waals surface area (Å²) in [6.07, 6.45) is 1.34. The molecule has 0 aromatic heterocycles. The minimum atomic E-state index is -0.945. The van der Waals surface area contributed by atoms with E-state index in [1.807, 2.05) is 0 Å². The molecule has 9 heteroatoms. The van der Waals surface area contributed by atoms with Crippen LogP contribution in [0.25, 0.3) is 0 Å². The molecule has 0 saturated heterocycles. The number of para-hydroxylation sites is 2. The average Bonchev–Trinajstić information content (AvgIpc) is 2.80. The van der Waals surface area contributed by atoms with Crippen LogP contribution in [0.4, 0.5) is 5.69 Å². The number of hydrogen-bond donors (Lipinski definition) is 2. The van der Waals surface area contributed by atoms with Crippen molar-refractivity contribution >= 4 is 41.3 Å². The normalized spacial score (nSPS) is 10.4. The van der Waals surface area contributed by atoms with Crippen LogP contribution in [-0.2, 0) is 9.59 Å². The van der Waals surface area contributed by atoms with E-state index in [9.17, 15) is 14.4 Å². The first-order valence-electron chi connectivity index (χ1n) is 9.31. The molecule has 0 unspecified atom stereocenters. The Balaban J connectivity index is 1.52. The third-order valence-electron chi connectivity index (χ3n) is 4.09. The fraction of sp³-hybridized carbons (Fsp3) is 0.0435. The molecule has 0 aliphatic rings. The van der Waals surface area contributed by atoms with Gasteiger partial charge in [0.05, 0.1) is 24.6 Å². The van der Waals surface area contributed by atoms with Gasteiger partial charge in [0.25, 0.3) is 0 Å². The molecular formula is C23H18ClN3O5. The molecule has 8 nitrogen and oxygen atoms in total. The maximum atomic E-state index is 12.1. The Morgan fingerprint density at radius 1 is 0.938 bits per heavy atom. The molecule has 162 valence electrons. The second-order valence-corrected chi connectivity index (χ2v) is 6.76. The van der Waals surface area contributed by atoms with E-state index < -0.39 is 17.8 Å². The summed E-state index contributed by atoms with van der Waals surface area (Å²) in [6, 6.07) is 19.5. The lowest BCUT2D eigenvalue weighted by Crippen LogP contribution is -2.32. The zero-order valence-corrected chi connectivity index (χ0v) is 17.6. The first-order chi connectivity index (χ1) is 15.5. The fourth-order valence-corrected chi connectivity index (χ4v) is 2.74. The van der Waals surface area contributed by atoms with Gasteiger partial charge in [-0.3, -0.25) is 9.59 Å². The molecule has 0 heterocycles. The van der Waals surface area contributed by atoms with Gasteiger partial charge in [-0.25, -0.2) is 10.2 Å². The van der Waals surface area contributed by atoms with Crippen LogP contribution in [0.2, 0.25) is 5.02 Å². The number of hydrogen-bond acceptors (Lipinski definition) is 6. The van der Waals surface area contributed by atoms with Gasteiger partial charge in [-0.2, -0.15) is 5.10 Å². The molecule has 3 rings (SSSR count). The van der Waals surface area contributed by atoms with E-state index in [0.717, 1.165) is 0 Å². The summed E-state index contributed by atoms with van der Waals surface area (Å²) >= 11 is 5.87. The van der Waals surface area contributed by atoms with Gasteiger partial charge in [0, 0.05) is 5.02 Å². The van der Waals surface area contributed by atoms with Crippen molar-refractivity contribution in [3.8, 4) is 11.5 Å². The molecule has 0 atom stereocenters. The van der Waals surface area contributed by atoms with Crippen molar-refractivity contribution in [3.63, 3.8) is 0 Å². The third kappa shape index (κ3) is 6.16. The highest BCUT2D eigenvalue weighted by Gasteiger charge is 2.15. The van der Waals surface area contributed by atoms with Gasteiger partial charge in [-0.15, -0.1) is 0 Å². The molecule has 0 saturated carbocycles. The fourth-order valence-electron chi connectivity index (χ4n) is 2.55. The van der Waals surface area contributed by atoms with Crippen LogP contribution >= 0.6 is 11.6 Å². The van der Waals surface area contributed by atoms with Crippen LogP contribution in [0, 0.1) is 0 Å². The van der Waals surface area contributed by atoms with Crippen LogP contribution in [0.5, 0.6) is 11.5 Å². The number of nitrogens with zero attached hydrogens (tertiary/aromatic N) is 1. The number of carbonyl (C=O) groups is 3. The molecule has 0 aliphatic carbocycles. The first kappa shape index (κ1) is 22.5. The van der Waals surface area contributed by atoms with Gasteiger partial charge in [0.2, 0.25) is 0 Å². The molecule has 0 spiro atoms. The summed E-state index contributed by atoms with van der Waals surface area (Å²) in [5.74, 6) is -1.63. The number of halogens is 1. The molecule has 3 aromatic carbocycles. The Bertz CT molecular complexity index is 1160. The van der Waals surface area contributed by atoms with Crippen molar-refractivity contribution in [1.29, 1.82) is 0 Å². The number of amides is 2. The van der Waals surface area contributed by atoms with Crippen molar-refractivity contribution in [1.82, 2.24) is 5.43 Å². The van der Waals surface area contributed by atoms with Crippen LogP contribution in [0.1, 0.15) is 15.9 Å². The number of methoxy groups -OCH3 is 1. The molecule has 3 aromatic rings. The van der Waals surface area contributed by atoms with Crippen molar-refractivity contribution in [2.45, 2.75) is 0 Å². The molecule has 32 heavy (non-hydrogen) atoms. The maximum absolute atomic E-state index is 12.1. The summed E-state index contributed by atoms with van der Waals surface area (Å²) in [7, 11) is 1.46. The number of esters is 1. The lowest BCUT2D eigenvalue weighted by atomic mass is 10.2. The molecule has 2 amide bonds. The van der Waals surface area contributed by atoms with E-state index in [1.165, 1.54) is 19.4 Å². The third-order valence-corrected chi connectivity index (χ3v) is 4.33. The summed E-state index contributed by atoms with van der Waals surface area (Å²) in [5.41, 5.74) is 3.45. The Kier molecular flexibility index (Phi) is 7.55. The van der Waals surface area contributed by atoms with Gasteiger partial charge in [-0.05, 0) is 60.2 Å². The Labute approximate surface area is 188 Å². The zero-order chi connectivity index (χ0) is 22.9. The van der Waals surface area contributed by atoms with E-state index in [0.29, 0.717) is 33.3 Å². The smallest absolute Gasteiger partial charge is 0.343 e. The Hall–Kier alpha value is -4.17. The Morgan fingerprint density at radius 2 is 1.69 bits per heavy atom. The van der Waals surface area contributed by atoms with Crippen LogP contribution in [0.15, 0.2) is 77.9 Å². The zero-order valence-electron chi connectivity index (χ0n) is 16.9. The average molecular weight is 452 g/mol. The second-order valence-electron chi connectivity index (χ2n) is 6.32. The predicted molar refractivity (Wildman–Crippen MR) is 120 cm³/mol. The summed E-state index contributed by atoms with van der Waals surface area (Å²) < 4.78 is 10.4. The highest BCUT2D eigenvalue weighted by Crippen LogP contribution is 2.22. The molecule has 0 aliphatic heterocycles. The van der Waals surface area contributed by atoms with E-state index in [2.05, 4.69) is 15.8 Å². The van der Waals surface area contributed by atoms with Gasteiger partial charge >= 0.3 is 17.8 Å². The summed E-state index contributed by atoms with van der Waals surface area (Å²) in [5, 5.41) is 6.64. The number of rotatable bonds is 6. The molecule has 0 bridgehead atoms. The van der Waals surface area contributed by atoms with E-state index in [-0.39, 0.29) is 0 Å². The number of nitrogens with one attached hydrogen (secondary N) is 2. The molecular weight excluding hydrogens is 434 g/mol. The standard InChI is InChI=1S/C23H18ClN3O5/c1-31-20-8-3-2-7-19(20)26-21(28)22(29)27-25-14-15-9-11-18(12-10-15)32-23(30)16-5-4-6-17(24)13-16/h2-14H,1H3,(H,26,28)(H,27,29)/b25-14+. The van der Waals surface area contributed by atoms with Crippen molar-refractivity contribution in [2.75, 3.05) is 12.4 Å². The van der Waals surface area contributed by atoms with Crippen LogP contribution < -0.4 is 20.2 Å². The predicted octanol–water partition coefficient (Wildman–Crippen LogP) is 3.66. The van der Waals surface area contributed by atoms with E-state index in [4.69, 9.17) is 21.1 Å². The summed E-state index contributed by atoms with van der Waals surface area (Å²) in [6.45, 7) is 0. The molecule has 2 N–H and O–H groups in total. The number of carbonyl (C=O) groups excluding carboxylic acids is 3. The second kappa shape index (κ2) is 10.7. The minimum absolute atomic E-state index is 0.326. The van der Waals surface area contributed by atoms with Crippen LogP contribution in [-0.4, -0.2) is 31.1 Å². The highest BCUT2D eigenvalue weighted by atomic mass is 35.5. The number of anilines is 1. The van der Waals surface area contributed by atoms with Crippen LogP contribution in [0.3, 0.4) is 0 Å². The monoisotopic (exact) mass is 451 g/mol. The molecule has 0 fully saturated rings. The molecule has 0 radical (unpaired) electrons. The number of hydrazone groups is 1. The minimum Gasteiger partial charge on any atom is -0.495 e. The lowest BCUT2D eigenvalue weighted by molar-refractivity contribution is -0.136. The topological polar surface area (TPSA) is 106 Å². The first-order valence-corrected chi connectivity index (χ1v) is 9.69. The number of ether oxygens (including phenoxy) is 2. The van der Waals surface area contributed by atoms with Gasteiger partial charge < -0.3 is 14.8 Å². The van der Waals surface area contributed by atoms with Crippen molar-refractivity contribution in [2.24, 2.45) is 5.10 Å². The van der Waals surface area contributed by atoms with Gasteiger partial charge in [0.1, 0.15) is 11.5 Å². The summed E-state index contributed by atoms with van der Waals surface area (Å²) in [4.78, 5) is 36.1. The Morgan fingerprint density at radius 3 is 2.41 bits per heavy atom. The largest absolute Gasteiger partial charge is 0.495 e. The van der Waals surface area contributed by atoms with Gasteiger partial charge in [-0.1, -0.05) is 29.8 Å². The highest BCUT2D eigenvalue weighted by molar-refractivity contribution is 6.39. The van der Waals surface area contributed by atoms with Crippen molar-refractivity contribution < 1.29 is 23.9 Å².